The van der Waals surface area contributed by atoms with Crippen molar-refractivity contribution in [3.8, 4) is 0 Å². The average Bonchev–Trinajstić information content (AvgIpc) is 3.07. The number of anilines is 1. The molecular formula is C22H24ClN5O3. The molecule has 1 fully saturated rings. The van der Waals surface area contributed by atoms with Gasteiger partial charge < -0.3 is 14.5 Å². The van der Waals surface area contributed by atoms with E-state index in [1.165, 1.54) is 0 Å². The topological polar surface area (TPSA) is 80.6 Å². The quantitative estimate of drug-likeness (QED) is 0.579. The lowest BCUT2D eigenvalue weighted by molar-refractivity contribution is 0.0525. The van der Waals surface area contributed by atoms with Crippen LogP contribution in [0.15, 0.2) is 30.5 Å². The van der Waals surface area contributed by atoms with E-state index < -0.39 is 5.97 Å². The van der Waals surface area contributed by atoms with Crippen LogP contribution >= 0.6 is 11.6 Å². The SMILES string of the molecule is CCOC(=O)c1cnc2c(c(C)nn2C)c1N1CCN(C(=O)c2ccc(Cl)cc2)CC1. The molecule has 1 amide bonds. The van der Waals surface area contributed by atoms with Crippen LogP contribution in [0.1, 0.15) is 33.3 Å². The summed E-state index contributed by atoms with van der Waals surface area (Å²) in [6.07, 6.45) is 1.56. The summed E-state index contributed by atoms with van der Waals surface area (Å²) in [5, 5.41) is 5.92. The van der Waals surface area contributed by atoms with Crippen LogP contribution in [0.2, 0.25) is 5.02 Å². The first-order chi connectivity index (χ1) is 14.9. The van der Waals surface area contributed by atoms with Crippen LogP contribution in [0.5, 0.6) is 0 Å². The number of carbonyl (C=O) groups is 2. The second-order valence-corrected chi connectivity index (χ2v) is 7.87. The third kappa shape index (κ3) is 3.95. The molecule has 3 aromatic rings. The van der Waals surface area contributed by atoms with Crippen LogP contribution < -0.4 is 4.90 Å². The number of nitrogens with zero attached hydrogens (tertiary/aromatic N) is 5. The van der Waals surface area contributed by atoms with Crippen molar-refractivity contribution in [2.24, 2.45) is 7.05 Å². The number of rotatable bonds is 4. The Bertz CT molecular complexity index is 1130. The zero-order valence-corrected chi connectivity index (χ0v) is 18.5. The minimum atomic E-state index is -0.408. The van der Waals surface area contributed by atoms with E-state index in [2.05, 4.69) is 15.0 Å². The minimum Gasteiger partial charge on any atom is -0.462 e. The number of hydrogen-bond acceptors (Lipinski definition) is 6. The van der Waals surface area contributed by atoms with Gasteiger partial charge in [0.05, 0.1) is 23.4 Å². The highest BCUT2D eigenvalue weighted by atomic mass is 35.5. The number of amides is 1. The van der Waals surface area contributed by atoms with Gasteiger partial charge in [0.15, 0.2) is 5.65 Å². The second-order valence-electron chi connectivity index (χ2n) is 7.43. The van der Waals surface area contributed by atoms with Crippen molar-refractivity contribution < 1.29 is 14.3 Å². The zero-order valence-electron chi connectivity index (χ0n) is 17.8. The molecule has 0 radical (unpaired) electrons. The average molecular weight is 442 g/mol. The lowest BCUT2D eigenvalue weighted by Crippen LogP contribution is -2.49. The molecule has 31 heavy (non-hydrogen) atoms. The Labute approximate surface area is 185 Å². The fourth-order valence-electron chi connectivity index (χ4n) is 3.99. The van der Waals surface area contributed by atoms with Crippen molar-refractivity contribution in [3.05, 3.63) is 52.3 Å². The number of piperazine rings is 1. The first-order valence-corrected chi connectivity index (χ1v) is 10.6. The summed E-state index contributed by atoms with van der Waals surface area (Å²) in [7, 11) is 1.83. The van der Waals surface area contributed by atoms with Crippen molar-refractivity contribution in [1.29, 1.82) is 0 Å². The van der Waals surface area contributed by atoms with Gasteiger partial charge in [0.2, 0.25) is 0 Å². The van der Waals surface area contributed by atoms with E-state index in [0.717, 1.165) is 16.8 Å². The third-order valence-electron chi connectivity index (χ3n) is 5.47. The van der Waals surface area contributed by atoms with Gasteiger partial charge in [-0.3, -0.25) is 9.48 Å². The van der Waals surface area contributed by atoms with Gasteiger partial charge in [-0.25, -0.2) is 9.78 Å². The Hall–Kier alpha value is -3.13. The van der Waals surface area contributed by atoms with Crippen LogP contribution in [0.3, 0.4) is 0 Å². The molecule has 3 heterocycles. The number of aromatic nitrogens is 3. The standard InChI is InChI=1S/C22H24ClN5O3/c1-4-31-22(30)17-13-24-20-18(14(2)25-26(20)3)19(17)27-9-11-28(12-10-27)21(29)15-5-7-16(23)8-6-15/h5-8,13H,4,9-12H2,1-3H3. The largest absolute Gasteiger partial charge is 0.462 e. The predicted molar refractivity (Wildman–Crippen MR) is 119 cm³/mol. The Morgan fingerprint density at radius 3 is 2.45 bits per heavy atom. The maximum absolute atomic E-state index is 12.9. The van der Waals surface area contributed by atoms with Crippen molar-refractivity contribution >= 4 is 40.2 Å². The Morgan fingerprint density at radius 1 is 1.13 bits per heavy atom. The molecule has 0 saturated carbocycles. The van der Waals surface area contributed by atoms with E-state index >= 15 is 0 Å². The fraction of sp³-hybridized carbons (Fsp3) is 0.364. The molecule has 0 atom stereocenters. The molecule has 1 saturated heterocycles. The maximum atomic E-state index is 12.9. The summed E-state index contributed by atoms with van der Waals surface area (Å²) in [5.41, 5.74) is 3.31. The Morgan fingerprint density at radius 2 is 1.81 bits per heavy atom. The van der Waals surface area contributed by atoms with Crippen LogP contribution in [0.4, 0.5) is 5.69 Å². The van der Waals surface area contributed by atoms with E-state index in [-0.39, 0.29) is 12.5 Å². The van der Waals surface area contributed by atoms with E-state index in [9.17, 15) is 9.59 Å². The number of pyridine rings is 1. The molecule has 4 rings (SSSR count). The van der Waals surface area contributed by atoms with E-state index in [1.54, 1.807) is 42.1 Å². The monoisotopic (exact) mass is 441 g/mol. The number of carbonyl (C=O) groups excluding carboxylic acids is 2. The molecule has 0 spiro atoms. The molecule has 0 aliphatic carbocycles. The Balaban J connectivity index is 1.63. The van der Waals surface area contributed by atoms with Crippen LogP contribution in [0.25, 0.3) is 11.0 Å². The van der Waals surface area contributed by atoms with Gasteiger partial charge in [-0.1, -0.05) is 11.6 Å². The number of aryl methyl sites for hydroxylation is 2. The van der Waals surface area contributed by atoms with Gasteiger partial charge in [-0.2, -0.15) is 5.10 Å². The number of benzene rings is 1. The van der Waals surface area contributed by atoms with Crippen molar-refractivity contribution in [3.63, 3.8) is 0 Å². The third-order valence-corrected chi connectivity index (χ3v) is 5.72. The lowest BCUT2D eigenvalue weighted by atomic mass is 10.1. The van der Waals surface area contributed by atoms with E-state index in [1.807, 2.05) is 18.9 Å². The summed E-state index contributed by atoms with van der Waals surface area (Å²) in [6, 6.07) is 6.91. The van der Waals surface area contributed by atoms with E-state index in [0.29, 0.717) is 48.0 Å². The summed E-state index contributed by atoms with van der Waals surface area (Å²) < 4.78 is 6.99. The molecule has 9 heteroatoms. The maximum Gasteiger partial charge on any atom is 0.341 e. The number of ether oxygens (including phenoxy) is 1. The van der Waals surface area contributed by atoms with Crippen molar-refractivity contribution in [2.75, 3.05) is 37.7 Å². The fourth-order valence-corrected chi connectivity index (χ4v) is 4.11. The van der Waals surface area contributed by atoms with Gasteiger partial charge in [0, 0.05) is 50.0 Å². The summed E-state index contributed by atoms with van der Waals surface area (Å²) in [5.74, 6) is -0.436. The van der Waals surface area contributed by atoms with Crippen LogP contribution in [-0.4, -0.2) is 64.3 Å². The number of hydrogen-bond donors (Lipinski definition) is 0. The molecule has 1 aliphatic heterocycles. The van der Waals surface area contributed by atoms with Gasteiger partial charge >= 0.3 is 5.97 Å². The van der Waals surface area contributed by atoms with Crippen molar-refractivity contribution in [1.82, 2.24) is 19.7 Å². The van der Waals surface area contributed by atoms with Gasteiger partial charge in [0.25, 0.3) is 5.91 Å². The summed E-state index contributed by atoms with van der Waals surface area (Å²) >= 11 is 5.93. The molecule has 1 aliphatic rings. The van der Waals surface area contributed by atoms with E-state index in [4.69, 9.17) is 16.3 Å². The molecule has 0 bridgehead atoms. The first kappa shape index (κ1) is 21.1. The number of esters is 1. The normalized spacial score (nSPS) is 14.2. The number of fused-ring (bicyclic) bond motifs is 1. The van der Waals surface area contributed by atoms with Crippen molar-refractivity contribution in [2.45, 2.75) is 13.8 Å². The highest BCUT2D eigenvalue weighted by Gasteiger charge is 2.29. The first-order valence-electron chi connectivity index (χ1n) is 10.2. The Kier molecular flexibility index (Phi) is 5.82. The molecule has 162 valence electrons. The highest BCUT2D eigenvalue weighted by Crippen LogP contribution is 2.33. The molecule has 1 aromatic carbocycles. The molecule has 8 nitrogen and oxygen atoms in total. The minimum absolute atomic E-state index is 0.0284. The number of halogens is 1. The molecule has 2 aromatic heterocycles. The molecular weight excluding hydrogens is 418 g/mol. The van der Waals surface area contributed by atoms with Gasteiger partial charge in [0.1, 0.15) is 5.56 Å². The predicted octanol–water partition coefficient (Wildman–Crippen LogP) is 3.07. The lowest BCUT2D eigenvalue weighted by Gasteiger charge is -2.37. The highest BCUT2D eigenvalue weighted by molar-refractivity contribution is 6.30. The van der Waals surface area contributed by atoms with Gasteiger partial charge in [-0.05, 0) is 38.1 Å². The zero-order chi connectivity index (χ0) is 22.1. The second kappa shape index (κ2) is 8.55. The summed E-state index contributed by atoms with van der Waals surface area (Å²) in [4.78, 5) is 33.9. The van der Waals surface area contributed by atoms with Gasteiger partial charge in [-0.15, -0.1) is 0 Å². The molecule has 0 N–H and O–H groups in total. The van der Waals surface area contributed by atoms with Crippen LogP contribution in [-0.2, 0) is 11.8 Å². The van der Waals surface area contributed by atoms with Crippen LogP contribution in [0, 0.1) is 6.92 Å². The summed E-state index contributed by atoms with van der Waals surface area (Å²) in [6.45, 7) is 6.20. The smallest absolute Gasteiger partial charge is 0.341 e. The molecule has 0 unspecified atom stereocenters.